The fraction of sp³-hybridized carbons (Fsp3) is 0.286. The van der Waals surface area contributed by atoms with Gasteiger partial charge in [-0.05, 0) is 32.9 Å². The number of carbonyl (C=O) groups is 1. The van der Waals surface area contributed by atoms with Crippen molar-refractivity contribution in [3.63, 3.8) is 0 Å². The number of amides is 1. The van der Waals surface area contributed by atoms with Crippen molar-refractivity contribution in [1.29, 1.82) is 0 Å². The average Bonchev–Trinajstić information content (AvgIpc) is 2.53. The van der Waals surface area contributed by atoms with Crippen LogP contribution in [0.4, 0.5) is 0 Å². The molecule has 0 aliphatic carbocycles. The van der Waals surface area contributed by atoms with Crippen LogP contribution in [-0.4, -0.2) is 16.6 Å². The fourth-order valence-electron chi connectivity index (χ4n) is 1.68. The van der Waals surface area contributed by atoms with Crippen molar-refractivity contribution in [1.82, 2.24) is 5.01 Å². The summed E-state index contributed by atoms with van der Waals surface area (Å²) in [6, 6.07) is 9.13. The molecule has 3 nitrogen and oxygen atoms in total. The molecule has 88 valence electrons. The van der Waals surface area contributed by atoms with Crippen molar-refractivity contribution in [3.8, 4) is 0 Å². The molecule has 2 rings (SSSR count). The van der Waals surface area contributed by atoms with Crippen molar-refractivity contribution < 1.29 is 4.79 Å². The largest absolute Gasteiger partial charge is 0.278 e. The molecular weight excluding hydrogens is 212 g/mol. The van der Waals surface area contributed by atoms with Gasteiger partial charge in [-0.2, -0.15) is 5.10 Å². The van der Waals surface area contributed by atoms with Crippen molar-refractivity contribution in [2.75, 3.05) is 0 Å². The third kappa shape index (κ3) is 1.78. The van der Waals surface area contributed by atoms with Gasteiger partial charge in [-0.15, -0.1) is 0 Å². The molecule has 1 aliphatic rings. The Morgan fingerprint density at radius 1 is 1.29 bits per heavy atom. The van der Waals surface area contributed by atoms with Gasteiger partial charge in [0.2, 0.25) is 0 Å². The monoisotopic (exact) mass is 228 g/mol. The van der Waals surface area contributed by atoms with Gasteiger partial charge in [-0.3, -0.25) is 4.79 Å². The van der Waals surface area contributed by atoms with Crippen molar-refractivity contribution >= 4 is 11.6 Å². The molecular formula is C14H16N2O. The quantitative estimate of drug-likeness (QED) is 0.727. The van der Waals surface area contributed by atoms with Crippen LogP contribution in [0.3, 0.4) is 0 Å². The van der Waals surface area contributed by atoms with Crippen LogP contribution in [0.2, 0.25) is 0 Å². The number of hydrogen-bond acceptors (Lipinski definition) is 2. The summed E-state index contributed by atoms with van der Waals surface area (Å²) in [5.74, 6) is -0.125. The highest BCUT2D eigenvalue weighted by atomic mass is 16.2. The summed E-state index contributed by atoms with van der Waals surface area (Å²) >= 11 is 0. The van der Waals surface area contributed by atoms with Crippen LogP contribution in [0.1, 0.15) is 31.1 Å². The first-order chi connectivity index (χ1) is 7.94. The van der Waals surface area contributed by atoms with E-state index in [-0.39, 0.29) is 11.3 Å². The number of rotatable bonds is 1. The standard InChI is InChI=1S/C14H16N2O/c1-10-14(3,4)11(2)16(15-10)13(17)12-8-6-5-7-9-12/h5-9H,2H2,1,3-4H3. The van der Waals surface area contributed by atoms with E-state index < -0.39 is 0 Å². The molecule has 0 radical (unpaired) electrons. The number of nitrogens with zero attached hydrogens (tertiary/aromatic N) is 2. The molecule has 1 aromatic rings. The Kier molecular flexibility index (Phi) is 2.62. The fourth-order valence-corrected chi connectivity index (χ4v) is 1.68. The molecule has 1 amide bonds. The molecule has 1 heterocycles. The highest BCUT2D eigenvalue weighted by Crippen LogP contribution is 2.36. The molecule has 0 aromatic heterocycles. The first-order valence-electron chi connectivity index (χ1n) is 5.59. The molecule has 0 fully saturated rings. The molecule has 17 heavy (non-hydrogen) atoms. The third-order valence-corrected chi connectivity index (χ3v) is 3.34. The van der Waals surface area contributed by atoms with E-state index in [0.29, 0.717) is 5.56 Å². The summed E-state index contributed by atoms with van der Waals surface area (Å²) in [6.45, 7) is 9.94. The zero-order chi connectivity index (χ0) is 12.6. The van der Waals surface area contributed by atoms with Crippen LogP contribution >= 0.6 is 0 Å². The molecule has 0 unspecified atom stereocenters. The zero-order valence-electron chi connectivity index (χ0n) is 10.4. The van der Waals surface area contributed by atoms with Crippen LogP contribution in [0, 0.1) is 5.41 Å². The minimum absolute atomic E-state index is 0.125. The topological polar surface area (TPSA) is 32.7 Å². The maximum Gasteiger partial charge on any atom is 0.278 e. The van der Waals surface area contributed by atoms with Gasteiger partial charge in [0.05, 0.1) is 5.70 Å². The van der Waals surface area contributed by atoms with E-state index in [9.17, 15) is 4.79 Å². The lowest BCUT2D eigenvalue weighted by atomic mass is 9.86. The van der Waals surface area contributed by atoms with Gasteiger partial charge >= 0.3 is 0 Å². The maximum absolute atomic E-state index is 12.2. The molecule has 1 aromatic carbocycles. The van der Waals surface area contributed by atoms with Crippen LogP contribution in [0.5, 0.6) is 0 Å². The van der Waals surface area contributed by atoms with E-state index in [0.717, 1.165) is 11.4 Å². The molecule has 0 saturated carbocycles. The van der Waals surface area contributed by atoms with Crippen LogP contribution in [0.25, 0.3) is 0 Å². The van der Waals surface area contributed by atoms with Crippen molar-refractivity contribution in [3.05, 3.63) is 48.2 Å². The number of hydrogen-bond donors (Lipinski definition) is 0. The summed E-state index contributed by atoms with van der Waals surface area (Å²) in [5.41, 5.74) is 2.02. The number of allylic oxidation sites excluding steroid dienone is 1. The summed E-state index contributed by atoms with van der Waals surface area (Å²) in [4.78, 5) is 12.2. The summed E-state index contributed by atoms with van der Waals surface area (Å²) < 4.78 is 0. The summed E-state index contributed by atoms with van der Waals surface area (Å²) in [5, 5.41) is 5.71. The second-order valence-corrected chi connectivity index (χ2v) is 4.74. The Hall–Kier alpha value is -1.90. The van der Waals surface area contributed by atoms with Gasteiger partial charge in [0.15, 0.2) is 0 Å². The molecule has 0 saturated heterocycles. The first-order valence-corrected chi connectivity index (χ1v) is 5.59. The van der Waals surface area contributed by atoms with Gasteiger partial charge in [-0.25, -0.2) is 5.01 Å². The van der Waals surface area contributed by atoms with Crippen LogP contribution < -0.4 is 0 Å². The number of benzene rings is 1. The number of carbonyl (C=O) groups excluding carboxylic acids is 1. The maximum atomic E-state index is 12.2. The van der Waals surface area contributed by atoms with Gasteiger partial charge in [0.25, 0.3) is 5.91 Å². The van der Waals surface area contributed by atoms with Gasteiger partial charge < -0.3 is 0 Å². The molecule has 1 aliphatic heterocycles. The predicted octanol–water partition coefficient (Wildman–Crippen LogP) is 3.06. The summed E-state index contributed by atoms with van der Waals surface area (Å²) in [7, 11) is 0. The van der Waals surface area contributed by atoms with Crippen molar-refractivity contribution in [2.24, 2.45) is 10.5 Å². The van der Waals surface area contributed by atoms with E-state index in [2.05, 4.69) is 11.7 Å². The lowest BCUT2D eigenvalue weighted by Gasteiger charge is -2.22. The Morgan fingerprint density at radius 2 is 1.88 bits per heavy atom. The van der Waals surface area contributed by atoms with Crippen LogP contribution in [-0.2, 0) is 0 Å². The Balaban J connectivity index is 2.33. The average molecular weight is 228 g/mol. The minimum Gasteiger partial charge on any atom is -0.267 e. The lowest BCUT2D eigenvalue weighted by molar-refractivity contribution is 0.0806. The third-order valence-electron chi connectivity index (χ3n) is 3.34. The minimum atomic E-state index is -0.246. The highest BCUT2D eigenvalue weighted by molar-refractivity contribution is 6.01. The predicted molar refractivity (Wildman–Crippen MR) is 68.6 cm³/mol. The Labute approximate surface area is 101 Å². The van der Waals surface area contributed by atoms with E-state index in [4.69, 9.17) is 0 Å². The lowest BCUT2D eigenvalue weighted by Crippen LogP contribution is -2.27. The molecule has 0 N–H and O–H groups in total. The first kappa shape index (κ1) is 11.6. The zero-order valence-corrected chi connectivity index (χ0v) is 10.4. The highest BCUT2D eigenvalue weighted by Gasteiger charge is 2.38. The van der Waals surface area contributed by atoms with Gasteiger partial charge in [0, 0.05) is 16.7 Å². The van der Waals surface area contributed by atoms with E-state index >= 15 is 0 Å². The van der Waals surface area contributed by atoms with E-state index in [1.165, 1.54) is 5.01 Å². The number of hydrazone groups is 1. The van der Waals surface area contributed by atoms with E-state index in [1.807, 2.05) is 39.0 Å². The van der Waals surface area contributed by atoms with Crippen molar-refractivity contribution in [2.45, 2.75) is 20.8 Å². The molecule has 0 bridgehead atoms. The van der Waals surface area contributed by atoms with E-state index in [1.54, 1.807) is 12.1 Å². The second kappa shape index (κ2) is 3.84. The van der Waals surface area contributed by atoms with Gasteiger partial charge in [0.1, 0.15) is 0 Å². The smallest absolute Gasteiger partial charge is 0.267 e. The van der Waals surface area contributed by atoms with Gasteiger partial charge in [-0.1, -0.05) is 24.8 Å². The molecule has 0 spiro atoms. The summed E-state index contributed by atoms with van der Waals surface area (Å²) in [6.07, 6.45) is 0. The Bertz CT molecular complexity index is 500. The second-order valence-electron chi connectivity index (χ2n) is 4.74. The normalized spacial score (nSPS) is 18.2. The van der Waals surface area contributed by atoms with Crippen LogP contribution in [0.15, 0.2) is 47.7 Å². The SMILES string of the molecule is C=C1N(C(=O)c2ccccc2)N=C(C)C1(C)C. The molecule has 3 heteroatoms. The Morgan fingerprint density at radius 3 is 2.35 bits per heavy atom. The molecule has 0 atom stereocenters.